The minimum Gasteiger partial charge on any atom is -0.479 e. The summed E-state index contributed by atoms with van der Waals surface area (Å²) in [5.41, 5.74) is 0. The molecule has 0 amide bonds. The minimum atomic E-state index is -3.92. The summed E-state index contributed by atoms with van der Waals surface area (Å²) >= 11 is 0. The second-order valence-electron chi connectivity index (χ2n) is 4.06. The number of aliphatic carboxylic acids is 1. The van der Waals surface area contributed by atoms with Crippen molar-refractivity contribution in [2.24, 2.45) is 0 Å². The zero-order valence-electron chi connectivity index (χ0n) is 10.2. The van der Waals surface area contributed by atoms with E-state index in [2.05, 4.69) is 9.71 Å². The van der Waals surface area contributed by atoms with E-state index in [4.69, 9.17) is 10.2 Å². The molecule has 3 N–H and O–H groups in total. The summed E-state index contributed by atoms with van der Waals surface area (Å²) in [5, 5.41) is 18.8. The van der Waals surface area contributed by atoms with Gasteiger partial charge in [-0.25, -0.2) is 17.9 Å². The van der Waals surface area contributed by atoms with Gasteiger partial charge in [-0.05, 0) is 12.1 Å². The number of carboxylic acid groups (broad SMARTS) is 1. The first kappa shape index (κ1) is 14.4. The molecule has 0 fully saturated rings. The van der Waals surface area contributed by atoms with Gasteiger partial charge in [0.25, 0.3) is 0 Å². The topological polar surface area (TPSA) is 117 Å². The first-order valence-corrected chi connectivity index (χ1v) is 7.13. The Kier molecular flexibility index (Phi) is 3.98. The van der Waals surface area contributed by atoms with Crippen molar-refractivity contribution in [3.05, 3.63) is 36.7 Å². The van der Waals surface area contributed by atoms with Crippen molar-refractivity contribution in [3.8, 4) is 0 Å². The maximum atomic E-state index is 12.1. The van der Waals surface area contributed by atoms with Crippen LogP contribution in [0.2, 0.25) is 0 Å². The van der Waals surface area contributed by atoms with E-state index in [0.717, 1.165) is 0 Å². The monoisotopic (exact) mass is 296 g/mol. The van der Waals surface area contributed by atoms with Crippen LogP contribution in [0.15, 0.2) is 41.6 Å². The van der Waals surface area contributed by atoms with Gasteiger partial charge in [0.05, 0.1) is 4.90 Å². The van der Waals surface area contributed by atoms with E-state index in [9.17, 15) is 13.2 Å². The van der Waals surface area contributed by atoms with Gasteiger partial charge in [-0.1, -0.05) is 12.1 Å². The van der Waals surface area contributed by atoms with Crippen molar-refractivity contribution in [2.75, 3.05) is 6.54 Å². The van der Waals surface area contributed by atoms with E-state index in [0.29, 0.717) is 10.8 Å². The Morgan fingerprint density at radius 1 is 1.35 bits per heavy atom. The number of hydrogen-bond acceptors (Lipinski definition) is 5. The van der Waals surface area contributed by atoms with Crippen molar-refractivity contribution < 1.29 is 23.4 Å². The van der Waals surface area contributed by atoms with E-state index in [-0.39, 0.29) is 4.90 Å². The molecule has 1 heterocycles. The minimum absolute atomic E-state index is 0.00925. The highest BCUT2D eigenvalue weighted by atomic mass is 32.2. The van der Waals surface area contributed by atoms with E-state index >= 15 is 0 Å². The van der Waals surface area contributed by atoms with E-state index < -0.39 is 28.6 Å². The fourth-order valence-electron chi connectivity index (χ4n) is 1.68. The van der Waals surface area contributed by atoms with Crippen LogP contribution in [0.1, 0.15) is 0 Å². The normalized spacial score (nSPS) is 13.2. The van der Waals surface area contributed by atoms with Crippen LogP contribution in [0, 0.1) is 0 Å². The zero-order chi connectivity index (χ0) is 14.8. The van der Waals surface area contributed by atoms with E-state index in [1.54, 1.807) is 18.2 Å². The highest BCUT2D eigenvalue weighted by molar-refractivity contribution is 7.89. The Morgan fingerprint density at radius 3 is 2.80 bits per heavy atom. The van der Waals surface area contributed by atoms with Crippen molar-refractivity contribution in [1.29, 1.82) is 0 Å². The lowest BCUT2D eigenvalue weighted by atomic mass is 10.2. The van der Waals surface area contributed by atoms with Crippen molar-refractivity contribution in [3.63, 3.8) is 0 Å². The van der Waals surface area contributed by atoms with Crippen LogP contribution in [-0.2, 0) is 14.8 Å². The third-order valence-electron chi connectivity index (χ3n) is 2.68. The second-order valence-corrected chi connectivity index (χ2v) is 5.79. The van der Waals surface area contributed by atoms with Crippen molar-refractivity contribution in [1.82, 2.24) is 9.71 Å². The molecule has 0 saturated heterocycles. The summed E-state index contributed by atoms with van der Waals surface area (Å²) in [4.78, 5) is 14.4. The maximum absolute atomic E-state index is 12.1. The summed E-state index contributed by atoms with van der Waals surface area (Å²) < 4.78 is 26.3. The molecule has 0 radical (unpaired) electrons. The number of hydrogen-bond donors (Lipinski definition) is 3. The molecule has 0 spiro atoms. The highest BCUT2D eigenvalue weighted by Crippen LogP contribution is 2.21. The zero-order valence-corrected chi connectivity index (χ0v) is 11.0. The Hall–Kier alpha value is -2.03. The number of rotatable bonds is 5. The standard InChI is InChI=1S/C12H12N2O5S/c15-10(12(16)17)7-14-20(18,19)11-3-1-2-8-6-13-5-4-9(8)11/h1-6,10,14-15H,7H2,(H,16,17). The smallest absolute Gasteiger partial charge is 0.333 e. The van der Waals surface area contributed by atoms with Gasteiger partial charge in [0.1, 0.15) is 0 Å². The van der Waals surface area contributed by atoms with Gasteiger partial charge in [-0.2, -0.15) is 0 Å². The molecule has 2 aromatic rings. The fraction of sp³-hybridized carbons (Fsp3) is 0.167. The van der Waals surface area contributed by atoms with Gasteiger partial charge < -0.3 is 10.2 Å². The fourth-order valence-corrected chi connectivity index (χ4v) is 2.95. The van der Waals surface area contributed by atoms with Crippen LogP contribution >= 0.6 is 0 Å². The number of carbonyl (C=O) groups is 1. The molecule has 0 aliphatic rings. The van der Waals surface area contributed by atoms with Gasteiger partial charge in [0.15, 0.2) is 6.10 Å². The molecule has 2 rings (SSSR count). The number of nitrogens with one attached hydrogen (secondary N) is 1. The second kappa shape index (κ2) is 5.53. The number of carboxylic acids is 1. The number of aliphatic hydroxyl groups is 1. The first-order valence-electron chi connectivity index (χ1n) is 5.65. The van der Waals surface area contributed by atoms with E-state index in [1.165, 1.54) is 18.5 Å². The third-order valence-corrected chi connectivity index (χ3v) is 4.16. The molecule has 1 unspecified atom stereocenters. The highest BCUT2D eigenvalue weighted by Gasteiger charge is 2.21. The summed E-state index contributed by atoms with van der Waals surface area (Å²) in [5.74, 6) is -1.49. The molecule has 8 heteroatoms. The number of benzene rings is 1. The van der Waals surface area contributed by atoms with Gasteiger partial charge in [-0.15, -0.1) is 0 Å². The predicted octanol–water partition coefficient (Wildman–Crippen LogP) is -0.0414. The molecule has 0 aliphatic carbocycles. The third kappa shape index (κ3) is 2.93. The summed E-state index contributed by atoms with van der Waals surface area (Å²) in [6.45, 7) is -0.598. The molecule has 1 atom stereocenters. The van der Waals surface area contributed by atoms with Crippen molar-refractivity contribution >= 4 is 26.8 Å². The summed E-state index contributed by atoms with van der Waals surface area (Å²) in [6, 6.07) is 6.23. The maximum Gasteiger partial charge on any atom is 0.333 e. The van der Waals surface area contributed by atoms with Crippen LogP contribution in [0.3, 0.4) is 0 Å². The summed E-state index contributed by atoms with van der Waals surface area (Å²) in [7, 11) is -3.92. The molecule has 106 valence electrons. The molecule has 0 aliphatic heterocycles. The van der Waals surface area contributed by atoms with Gasteiger partial charge in [0, 0.05) is 29.7 Å². The van der Waals surface area contributed by atoms with Crippen LogP contribution < -0.4 is 4.72 Å². The van der Waals surface area contributed by atoms with Crippen LogP contribution in [-0.4, -0.2) is 42.2 Å². The van der Waals surface area contributed by atoms with E-state index in [1.807, 2.05) is 0 Å². The van der Waals surface area contributed by atoms with Gasteiger partial charge in [0.2, 0.25) is 10.0 Å². The number of sulfonamides is 1. The molecule has 7 nitrogen and oxygen atoms in total. The number of fused-ring (bicyclic) bond motifs is 1. The van der Waals surface area contributed by atoms with Crippen LogP contribution in [0.25, 0.3) is 10.8 Å². The first-order chi connectivity index (χ1) is 9.42. The number of aromatic nitrogens is 1. The lowest BCUT2D eigenvalue weighted by molar-refractivity contribution is -0.146. The van der Waals surface area contributed by atoms with Crippen molar-refractivity contribution in [2.45, 2.75) is 11.0 Å². The molecular formula is C12H12N2O5S. The number of pyridine rings is 1. The number of aliphatic hydroxyl groups excluding tert-OH is 1. The molecule has 1 aromatic carbocycles. The largest absolute Gasteiger partial charge is 0.479 e. The van der Waals surface area contributed by atoms with Gasteiger partial charge in [-0.3, -0.25) is 4.98 Å². The Morgan fingerprint density at radius 2 is 2.10 bits per heavy atom. The number of nitrogens with zero attached hydrogens (tertiary/aromatic N) is 1. The Labute approximate surface area is 114 Å². The molecule has 1 aromatic heterocycles. The Bertz CT molecular complexity index is 739. The predicted molar refractivity (Wildman–Crippen MR) is 70.6 cm³/mol. The lowest BCUT2D eigenvalue weighted by Gasteiger charge is -2.10. The summed E-state index contributed by atoms with van der Waals surface area (Å²) in [6.07, 6.45) is 1.20. The Balaban J connectivity index is 2.35. The average Bonchev–Trinajstić information content (AvgIpc) is 2.44. The average molecular weight is 296 g/mol. The van der Waals surface area contributed by atoms with Gasteiger partial charge >= 0.3 is 5.97 Å². The molecule has 0 saturated carbocycles. The van der Waals surface area contributed by atoms with Crippen LogP contribution in [0.5, 0.6) is 0 Å². The molecule has 0 bridgehead atoms. The van der Waals surface area contributed by atoms with Crippen LogP contribution in [0.4, 0.5) is 0 Å². The molecule has 20 heavy (non-hydrogen) atoms. The molecular weight excluding hydrogens is 284 g/mol. The lowest BCUT2D eigenvalue weighted by Crippen LogP contribution is -2.36. The quantitative estimate of drug-likeness (QED) is 0.712. The SMILES string of the molecule is O=C(O)C(O)CNS(=O)(=O)c1cccc2cnccc12.